The summed E-state index contributed by atoms with van der Waals surface area (Å²) in [4.78, 5) is 25.0. The maximum Gasteiger partial charge on any atom is 0.358 e. The predicted molar refractivity (Wildman–Crippen MR) is 79.4 cm³/mol. The fourth-order valence-electron chi connectivity index (χ4n) is 3.37. The monoisotopic (exact) mass is 290 g/mol. The molecule has 6 heteroatoms. The number of nitrogens with zero attached hydrogens (tertiary/aromatic N) is 4. The highest BCUT2D eigenvalue weighted by Crippen LogP contribution is 2.26. The summed E-state index contributed by atoms with van der Waals surface area (Å²) >= 11 is 0. The number of rotatable bonds is 2. The molecule has 2 aliphatic rings. The van der Waals surface area contributed by atoms with Gasteiger partial charge in [0.2, 0.25) is 0 Å². The minimum Gasteiger partial charge on any atom is -0.464 e. The molecule has 2 saturated heterocycles. The number of anilines is 1. The largest absolute Gasteiger partial charge is 0.464 e. The van der Waals surface area contributed by atoms with Gasteiger partial charge in [0.15, 0.2) is 5.69 Å². The molecule has 2 aliphatic heterocycles. The normalized spacial score (nSPS) is 26.3. The Labute approximate surface area is 125 Å². The summed E-state index contributed by atoms with van der Waals surface area (Å²) in [5.74, 6) is 0.337. The number of ether oxygens (including phenoxy) is 1. The fraction of sp³-hybridized carbons (Fsp3) is 0.667. The van der Waals surface area contributed by atoms with Gasteiger partial charge in [0.1, 0.15) is 5.82 Å². The van der Waals surface area contributed by atoms with Crippen LogP contribution in [0.3, 0.4) is 0 Å². The first-order chi connectivity index (χ1) is 10.2. The average molecular weight is 290 g/mol. The Morgan fingerprint density at radius 3 is 3.00 bits per heavy atom. The molecule has 6 nitrogen and oxygen atoms in total. The summed E-state index contributed by atoms with van der Waals surface area (Å²) in [6, 6.07) is 0.972. The molecule has 0 saturated carbocycles. The molecule has 2 atom stereocenters. The molecule has 21 heavy (non-hydrogen) atoms. The molecule has 0 aliphatic carbocycles. The molecule has 1 aromatic rings. The van der Waals surface area contributed by atoms with Crippen molar-refractivity contribution in [2.45, 2.75) is 38.3 Å². The van der Waals surface area contributed by atoms with Gasteiger partial charge in [-0.15, -0.1) is 0 Å². The summed E-state index contributed by atoms with van der Waals surface area (Å²) in [6.07, 6.45) is 7.05. The Morgan fingerprint density at radius 2 is 2.19 bits per heavy atom. The van der Waals surface area contributed by atoms with E-state index in [1.807, 2.05) is 0 Å². The Hall–Kier alpha value is -1.69. The molecule has 0 amide bonds. The van der Waals surface area contributed by atoms with Gasteiger partial charge >= 0.3 is 5.97 Å². The predicted octanol–water partition coefficient (Wildman–Crippen LogP) is 1.33. The van der Waals surface area contributed by atoms with Crippen molar-refractivity contribution < 1.29 is 9.53 Å². The highest BCUT2D eigenvalue weighted by Gasteiger charge is 2.33. The molecule has 0 radical (unpaired) electrons. The van der Waals surface area contributed by atoms with Crippen LogP contribution in [0.1, 0.15) is 36.7 Å². The van der Waals surface area contributed by atoms with Crippen molar-refractivity contribution in [1.82, 2.24) is 14.9 Å². The van der Waals surface area contributed by atoms with Crippen LogP contribution in [-0.4, -0.2) is 59.7 Å². The van der Waals surface area contributed by atoms with Crippen LogP contribution in [-0.2, 0) is 4.74 Å². The quantitative estimate of drug-likeness (QED) is 0.766. The smallest absolute Gasteiger partial charge is 0.358 e. The van der Waals surface area contributed by atoms with Crippen LogP contribution < -0.4 is 4.90 Å². The minimum absolute atomic E-state index is 0.272. The van der Waals surface area contributed by atoms with E-state index in [1.54, 1.807) is 6.20 Å². The topological polar surface area (TPSA) is 58.6 Å². The number of hydrogen-bond acceptors (Lipinski definition) is 6. The van der Waals surface area contributed by atoms with E-state index >= 15 is 0 Å². The standard InChI is InChI=1S/C15H22N4O2/c1-11-9-18-6-4-3-5-12(18)10-19(11)14-8-16-7-13(17-14)15(20)21-2/h7-8,11-12H,3-6,9-10H2,1-2H3. The van der Waals surface area contributed by atoms with Gasteiger partial charge in [-0.1, -0.05) is 6.42 Å². The molecule has 3 heterocycles. The zero-order valence-electron chi connectivity index (χ0n) is 12.7. The van der Waals surface area contributed by atoms with E-state index in [1.165, 1.54) is 39.1 Å². The van der Waals surface area contributed by atoms with E-state index in [-0.39, 0.29) is 5.69 Å². The van der Waals surface area contributed by atoms with Gasteiger partial charge < -0.3 is 9.64 Å². The lowest BCUT2D eigenvalue weighted by Gasteiger charge is -2.47. The van der Waals surface area contributed by atoms with E-state index in [0.717, 1.165) is 18.9 Å². The number of hydrogen-bond donors (Lipinski definition) is 0. The van der Waals surface area contributed by atoms with Crippen LogP contribution in [0, 0.1) is 0 Å². The Balaban J connectivity index is 1.81. The van der Waals surface area contributed by atoms with Crippen molar-refractivity contribution in [1.29, 1.82) is 0 Å². The molecule has 1 aromatic heterocycles. The number of aromatic nitrogens is 2. The first-order valence-corrected chi connectivity index (χ1v) is 7.60. The molecular weight excluding hydrogens is 268 g/mol. The van der Waals surface area contributed by atoms with Crippen LogP contribution in [0.4, 0.5) is 5.82 Å². The number of carbonyl (C=O) groups excluding carboxylic acids is 1. The lowest BCUT2D eigenvalue weighted by Crippen LogP contribution is -2.59. The molecule has 114 valence electrons. The Morgan fingerprint density at radius 1 is 1.33 bits per heavy atom. The number of carbonyl (C=O) groups is 1. The lowest BCUT2D eigenvalue weighted by molar-refractivity contribution is 0.0593. The number of methoxy groups -OCH3 is 1. The third-order valence-electron chi connectivity index (χ3n) is 4.50. The van der Waals surface area contributed by atoms with Crippen molar-refractivity contribution in [2.75, 3.05) is 31.6 Å². The van der Waals surface area contributed by atoms with Crippen molar-refractivity contribution >= 4 is 11.8 Å². The third kappa shape index (κ3) is 2.85. The van der Waals surface area contributed by atoms with Gasteiger partial charge in [-0.25, -0.2) is 9.78 Å². The molecule has 0 aromatic carbocycles. The van der Waals surface area contributed by atoms with Gasteiger partial charge in [-0.05, 0) is 26.3 Å². The Bertz CT molecular complexity index is 522. The molecule has 3 rings (SSSR count). The second kappa shape index (κ2) is 5.97. The summed E-state index contributed by atoms with van der Waals surface area (Å²) < 4.78 is 4.72. The first kappa shape index (κ1) is 14.3. The molecule has 0 N–H and O–H groups in total. The van der Waals surface area contributed by atoms with Crippen molar-refractivity contribution in [3.8, 4) is 0 Å². The van der Waals surface area contributed by atoms with Crippen molar-refractivity contribution in [3.63, 3.8) is 0 Å². The highest BCUT2D eigenvalue weighted by molar-refractivity contribution is 5.87. The summed E-state index contributed by atoms with van der Waals surface area (Å²) in [5, 5.41) is 0. The molecule has 0 bridgehead atoms. The summed E-state index contributed by atoms with van der Waals surface area (Å²) in [6.45, 7) is 5.42. The van der Waals surface area contributed by atoms with Crippen LogP contribution >= 0.6 is 0 Å². The van der Waals surface area contributed by atoms with Gasteiger partial charge in [0.05, 0.1) is 19.5 Å². The van der Waals surface area contributed by atoms with E-state index in [2.05, 4.69) is 26.7 Å². The maximum absolute atomic E-state index is 11.6. The summed E-state index contributed by atoms with van der Waals surface area (Å²) in [7, 11) is 1.36. The number of piperazine rings is 1. The van der Waals surface area contributed by atoms with Crippen molar-refractivity contribution in [3.05, 3.63) is 18.1 Å². The second-order valence-corrected chi connectivity index (χ2v) is 5.90. The van der Waals surface area contributed by atoms with Crippen LogP contribution in [0.25, 0.3) is 0 Å². The summed E-state index contributed by atoms with van der Waals surface area (Å²) in [5.41, 5.74) is 0.272. The Kier molecular flexibility index (Phi) is 4.05. The zero-order chi connectivity index (χ0) is 14.8. The first-order valence-electron chi connectivity index (χ1n) is 7.60. The van der Waals surface area contributed by atoms with Crippen molar-refractivity contribution in [2.24, 2.45) is 0 Å². The van der Waals surface area contributed by atoms with Gasteiger partial charge in [-0.3, -0.25) is 9.88 Å². The molecular formula is C15H22N4O2. The lowest BCUT2D eigenvalue weighted by atomic mass is 9.97. The SMILES string of the molecule is COC(=O)c1cncc(N2CC3CCCCN3CC2C)n1. The van der Waals surface area contributed by atoms with Gasteiger partial charge in [-0.2, -0.15) is 0 Å². The second-order valence-electron chi connectivity index (χ2n) is 5.90. The van der Waals surface area contributed by atoms with E-state index < -0.39 is 5.97 Å². The number of piperidine rings is 1. The maximum atomic E-state index is 11.6. The van der Waals surface area contributed by atoms with E-state index in [4.69, 9.17) is 4.74 Å². The molecule has 0 spiro atoms. The highest BCUT2D eigenvalue weighted by atomic mass is 16.5. The van der Waals surface area contributed by atoms with Crippen LogP contribution in [0.15, 0.2) is 12.4 Å². The number of esters is 1. The van der Waals surface area contributed by atoms with E-state index in [0.29, 0.717) is 12.1 Å². The zero-order valence-corrected chi connectivity index (χ0v) is 12.7. The van der Waals surface area contributed by atoms with Crippen LogP contribution in [0.5, 0.6) is 0 Å². The van der Waals surface area contributed by atoms with Gasteiger partial charge in [0.25, 0.3) is 0 Å². The molecule has 2 fully saturated rings. The number of fused-ring (bicyclic) bond motifs is 1. The van der Waals surface area contributed by atoms with Gasteiger partial charge in [0, 0.05) is 25.2 Å². The average Bonchev–Trinajstić information content (AvgIpc) is 2.53. The minimum atomic E-state index is -0.437. The van der Waals surface area contributed by atoms with Crippen LogP contribution in [0.2, 0.25) is 0 Å². The third-order valence-corrected chi connectivity index (χ3v) is 4.50. The molecule has 2 unspecified atom stereocenters. The van der Waals surface area contributed by atoms with E-state index in [9.17, 15) is 4.79 Å². The fourth-order valence-corrected chi connectivity index (χ4v) is 3.37.